The Morgan fingerprint density at radius 1 is 0.702 bits per heavy atom. The third-order valence-electron chi connectivity index (χ3n) is 9.85. The second kappa shape index (κ2) is 15.6. The molecule has 0 aliphatic carbocycles. The summed E-state index contributed by atoms with van der Waals surface area (Å²) in [7, 11) is 0. The van der Waals surface area contributed by atoms with Gasteiger partial charge < -0.3 is 28.4 Å². The zero-order valence-corrected chi connectivity index (χ0v) is 27.7. The molecule has 0 amide bonds. The van der Waals surface area contributed by atoms with Crippen LogP contribution in [0.4, 0.5) is 0 Å². The lowest BCUT2D eigenvalue weighted by Crippen LogP contribution is -2.33. The third-order valence-corrected chi connectivity index (χ3v) is 9.85. The second-order valence-corrected chi connectivity index (χ2v) is 13.1. The van der Waals surface area contributed by atoms with Gasteiger partial charge in [0.05, 0.1) is 19.1 Å². The number of ether oxygens (including phenoxy) is 6. The molecule has 3 saturated heterocycles. The van der Waals surface area contributed by atoms with E-state index < -0.39 is 0 Å². The molecule has 4 heterocycles. The first-order chi connectivity index (χ1) is 23.2. The van der Waals surface area contributed by atoms with Crippen LogP contribution in [0.5, 0.6) is 23.0 Å². The van der Waals surface area contributed by atoms with Crippen LogP contribution in [0.1, 0.15) is 93.4 Å². The average Bonchev–Trinajstić information content (AvgIpc) is 3.13. The molecule has 0 spiro atoms. The van der Waals surface area contributed by atoms with Crippen LogP contribution in [0, 0.1) is 0 Å². The first kappa shape index (κ1) is 32.0. The van der Waals surface area contributed by atoms with Crippen molar-refractivity contribution in [3.05, 3.63) is 89.5 Å². The van der Waals surface area contributed by atoms with Gasteiger partial charge in [-0.3, -0.25) is 4.90 Å². The van der Waals surface area contributed by atoms with Crippen molar-refractivity contribution in [1.82, 2.24) is 4.90 Å². The fraction of sp³-hybridized carbons (Fsp3) is 0.500. The van der Waals surface area contributed by atoms with E-state index in [1.165, 1.54) is 43.5 Å². The van der Waals surface area contributed by atoms with Gasteiger partial charge in [0.15, 0.2) is 12.6 Å². The smallest absolute Gasteiger partial charge is 0.199 e. The van der Waals surface area contributed by atoms with Crippen molar-refractivity contribution >= 4 is 5.57 Å². The van der Waals surface area contributed by atoms with Crippen LogP contribution < -0.4 is 18.9 Å². The SMILES string of the molecule is C/C=C1/c2ccc(OC3CCCCO3)cc2OC(c2ccc(OCCN3CCCCC3)cc2)C1c1ccc(OC2CCCCO2)cc1. The predicted octanol–water partition coefficient (Wildman–Crippen LogP) is 8.68. The lowest BCUT2D eigenvalue weighted by molar-refractivity contribution is -0.106. The Morgan fingerprint density at radius 3 is 2.00 bits per heavy atom. The van der Waals surface area contributed by atoms with Gasteiger partial charge in [-0.1, -0.05) is 36.8 Å². The van der Waals surface area contributed by atoms with Gasteiger partial charge in [-0.15, -0.1) is 0 Å². The number of hydrogen-bond donors (Lipinski definition) is 0. The largest absolute Gasteiger partial charge is 0.492 e. The molecule has 3 aromatic rings. The summed E-state index contributed by atoms with van der Waals surface area (Å²) in [5.74, 6) is 3.29. The van der Waals surface area contributed by atoms with Gasteiger partial charge in [0, 0.05) is 31.0 Å². The molecule has 3 aromatic carbocycles. The van der Waals surface area contributed by atoms with Crippen LogP contribution >= 0.6 is 0 Å². The highest BCUT2D eigenvalue weighted by atomic mass is 16.7. The van der Waals surface area contributed by atoms with E-state index in [0.29, 0.717) is 6.61 Å². The molecule has 4 aliphatic heterocycles. The Kier molecular flexibility index (Phi) is 10.6. The second-order valence-electron chi connectivity index (χ2n) is 13.1. The van der Waals surface area contributed by atoms with Crippen molar-refractivity contribution in [2.45, 2.75) is 89.3 Å². The average molecular weight is 640 g/mol. The molecule has 0 aromatic heterocycles. The first-order valence-corrected chi connectivity index (χ1v) is 17.8. The van der Waals surface area contributed by atoms with Gasteiger partial charge in [-0.05, 0) is 112 Å². The van der Waals surface area contributed by atoms with Crippen LogP contribution in [0.3, 0.4) is 0 Å². The fourth-order valence-electron chi connectivity index (χ4n) is 7.29. The fourth-order valence-corrected chi connectivity index (χ4v) is 7.29. The van der Waals surface area contributed by atoms with Crippen molar-refractivity contribution < 1.29 is 28.4 Å². The van der Waals surface area contributed by atoms with E-state index in [0.717, 1.165) is 92.4 Å². The number of allylic oxidation sites excluding steroid dienone is 1. The van der Waals surface area contributed by atoms with Gasteiger partial charge in [0.1, 0.15) is 35.7 Å². The normalized spacial score (nSPS) is 25.9. The summed E-state index contributed by atoms with van der Waals surface area (Å²) in [6.07, 6.45) is 11.8. The minimum absolute atomic E-state index is 0.0215. The summed E-state index contributed by atoms with van der Waals surface area (Å²) in [5, 5.41) is 0. The van der Waals surface area contributed by atoms with Crippen LogP contribution in [-0.4, -0.2) is 56.9 Å². The van der Waals surface area contributed by atoms with Crippen molar-refractivity contribution in [2.24, 2.45) is 0 Å². The van der Waals surface area contributed by atoms with Crippen LogP contribution in [0.15, 0.2) is 72.8 Å². The Hall–Kier alpha value is -3.52. The summed E-state index contributed by atoms with van der Waals surface area (Å²) < 4.78 is 37.2. The van der Waals surface area contributed by atoms with Gasteiger partial charge in [-0.25, -0.2) is 0 Å². The van der Waals surface area contributed by atoms with E-state index in [1.807, 2.05) is 12.1 Å². The maximum absolute atomic E-state index is 6.94. The maximum Gasteiger partial charge on any atom is 0.199 e. The van der Waals surface area contributed by atoms with Gasteiger partial charge >= 0.3 is 0 Å². The number of hydrogen-bond acceptors (Lipinski definition) is 7. The maximum atomic E-state index is 6.94. The number of rotatable bonds is 10. The van der Waals surface area contributed by atoms with Crippen LogP contribution in [-0.2, 0) is 9.47 Å². The van der Waals surface area contributed by atoms with Crippen LogP contribution in [0.25, 0.3) is 5.57 Å². The highest BCUT2D eigenvalue weighted by Crippen LogP contribution is 2.52. The number of piperidine rings is 1. The molecule has 4 aliphatic rings. The van der Waals surface area contributed by atoms with E-state index in [1.54, 1.807) is 0 Å². The van der Waals surface area contributed by atoms with Crippen molar-refractivity contribution in [2.75, 3.05) is 39.5 Å². The summed E-state index contributed by atoms with van der Waals surface area (Å²) in [4.78, 5) is 2.51. The number of nitrogens with zero attached hydrogens (tertiary/aromatic N) is 1. The monoisotopic (exact) mass is 639 g/mol. The standard InChI is InChI=1S/C40H49NO6/c1-2-34-35-21-20-33(46-38-11-5-9-26-44-38)28-36(35)47-40(30-14-16-31(17-15-30)42-27-24-41-22-6-3-7-23-41)39(34)29-12-18-32(19-13-29)45-37-10-4-8-25-43-37/h2,12-21,28,37-40H,3-11,22-27H2,1H3/b34-2-. The Bertz CT molecular complexity index is 1450. The summed E-state index contributed by atoms with van der Waals surface area (Å²) in [6.45, 7) is 7.65. The minimum Gasteiger partial charge on any atom is -0.492 e. The molecule has 4 unspecified atom stereocenters. The third kappa shape index (κ3) is 7.97. The van der Waals surface area contributed by atoms with Gasteiger partial charge in [-0.2, -0.15) is 0 Å². The van der Waals surface area contributed by atoms with Crippen molar-refractivity contribution in [1.29, 1.82) is 0 Å². The molecule has 4 atom stereocenters. The topological polar surface area (TPSA) is 58.6 Å². The van der Waals surface area contributed by atoms with Gasteiger partial charge in [0.2, 0.25) is 0 Å². The Morgan fingerprint density at radius 2 is 1.34 bits per heavy atom. The minimum atomic E-state index is -0.245. The Balaban J connectivity index is 1.13. The first-order valence-electron chi connectivity index (χ1n) is 17.8. The van der Waals surface area contributed by atoms with Crippen LogP contribution in [0.2, 0.25) is 0 Å². The lowest BCUT2D eigenvalue weighted by atomic mass is 9.78. The van der Waals surface area contributed by atoms with E-state index in [2.05, 4.69) is 72.5 Å². The molecule has 0 N–H and O–H groups in total. The Labute approximate surface area is 279 Å². The molecule has 0 saturated carbocycles. The highest BCUT2D eigenvalue weighted by Gasteiger charge is 2.36. The molecule has 0 radical (unpaired) electrons. The van der Waals surface area contributed by atoms with Gasteiger partial charge in [0.25, 0.3) is 0 Å². The molecule has 250 valence electrons. The predicted molar refractivity (Wildman–Crippen MR) is 183 cm³/mol. The zero-order chi connectivity index (χ0) is 31.8. The molecular formula is C40H49NO6. The van der Waals surface area contributed by atoms with E-state index in [4.69, 9.17) is 28.4 Å². The molecule has 47 heavy (non-hydrogen) atoms. The number of fused-ring (bicyclic) bond motifs is 1. The van der Waals surface area contributed by atoms with E-state index in [9.17, 15) is 0 Å². The summed E-state index contributed by atoms with van der Waals surface area (Å²) in [5.41, 5.74) is 4.58. The number of benzene rings is 3. The van der Waals surface area contributed by atoms with E-state index >= 15 is 0 Å². The summed E-state index contributed by atoms with van der Waals surface area (Å²) in [6, 6.07) is 23.1. The van der Waals surface area contributed by atoms with Crippen molar-refractivity contribution in [3.63, 3.8) is 0 Å². The molecule has 0 bridgehead atoms. The molecular weight excluding hydrogens is 590 g/mol. The van der Waals surface area contributed by atoms with Crippen molar-refractivity contribution in [3.8, 4) is 23.0 Å². The molecule has 7 nitrogen and oxygen atoms in total. The number of likely N-dealkylation sites (tertiary alicyclic amines) is 1. The summed E-state index contributed by atoms with van der Waals surface area (Å²) >= 11 is 0. The zero-order valence-electron chi connectivity index (χ0n) is 27.7. The lowest BCUT2D eigenvalue weighted by Gasteiger charge is -2.37. The molecule has 7 heteroatoms. The molecule has 3 fully saturated rings. The highest BCUT2D eigenvalue weighted by molar-refractivity contribution is 5.78. The molecule has 7 rings (SSSR count). The van der Waals surface area contributed by atoms with E-state index in [-0.39, 0.29) is 24.6 Å². The quantitative estimate of drug-likeness (QED) is 0.220.